The van der Waals surface area contributed by atoms with E-state index in [0.717, 1.165) is 6.54 Å². The predicted molar refractivity (Wildman–Crippen MR) is 74.3 cm³/mol. The highest BCUT2D eigenvalue weighted by Crippen LogP contribution is 2.25. The van der Waals surface area contributed by atoms with Crippen LogP contribution in [0.5, 0.6) is 0 Å². The number of benzene rings is 1. The number of carbonyl (C=O) groups excluding carboxylic acids is 1. The minimum atomic E-state index is -0.446. The molecule has 6 heteroatoms. The quantitative estimate of drug-likeness (QED) is 0.873. The Morgan fingerprint density at radius 3 is 2.90 bits per heavy atom. The second-order valence-corrected chi connectivity index (χ2v) is 5.23. The molecule has 0 unspecified atom stereocenters. The van der Waals surface area contributed by atoms with Crippen molar-refractivity contribution >= 4 is 5.91 Å². The average molecular weight is 294 g/mol. The first-order chi connectivity index (χ1) is 10.3. The molecule has 0 aromatic heterocycles. The van der Waals surface area contributed by atoms with Gasteiger partial charge in [0, 0.05) is 25.2 Å². The molecule has 2 heterocycles. The summed E-state index contributed by atoms with van der Waals surface area (Å²) in [6.07, 6.45) is -0.862. The number of hydrogen-bond donors (Lipinski definition) is 1. The lowest BCUT2D eigenvalue weighted by atomic mass is 10.1. The molecule has 0 spiro atoms. The molecule has 21 heavy (non-hydrogen) atoms. The molecule has 2 aliphatic heterocycles. The zero-order chi connectivity index (χ0) is 14.7. The Hall–Kier alpha value is -1.50. The van der Waals surface area contributed by atoms with E-state index in [2.05, 4.69) is 5.32 Å². The van der Waals surface area contributed by atoms with Crippen LogP contribution in [0, 0.1) is 5.82 Å². The highest BCUT2D eigenvalue weighted by atomic mass is 19.1. The van der Waals surface area contributed by atoms with Gasteiger partial charge in [-0.2, -0.15) is 0 Å². The lowest BCUT2D eigenvalue weighted by Crippen LogP contribution is -2.52. The van der Waals surface area contributed by atoms with Gasteiger partial charge in [-0.3, -0.25) is 4.79 Å². The third-order valence-electron chi connectivity index (χ3n) is 3.83. The van der Waals surface area contributed by atoms with Crippen molar-refractivity contribution in [1.82, 2.24) is 10.2 Å². The van der Waals surface area contributed by atoms with E-state index in [0.29, 0.717) is 38.4 Å². The summed E-state index contributed by atoms with van der Waals surface area (Å²) < 4.78 is 25.0. The number of ether oxygens (including phenoxy) is 2. The van der Waals surface area contributed by atoms with Crippen LogP contribution in [0.3, 0.4) is 0 Å². The Labute approximate surface area is 123 Å². The lowest BCUT2D eigenvalue weighted by molar-refractivity contribution is -0.152. The topological polar surface area (TPSA) is 50.8 Å². The van der Waals surface area contributed by atoms with E-state index in [1.807, 2.05) is 0 Å². The molecule has 1 amide bonds. The zero-order valence-electron chi connectivity index (χ0n) is 11.8. The second kappa shape index (κ2) is 6.51. The number of hydrogen-bond acceptors (Lipinski definition) is 4. The Morgan fingerprint density at radius 1 is 1.29 bits per heavy atom. The van der Waals surface area contributed by atoms with Gasteiger partial charge in [-0.25, -0.2) is 4.39 Å². The van der Waals surface area contributed by atoms with Crippen LogP contribution in [-0.4, -0.2) is 56.3 Å². The van der Waals surface area contributed by atoms with Gasteiger partial charge in [-0.1, -0.05) is 18.2 Å². The molecule has 2 aliphatic rings. The summed E-state index contributed by atoms with van der Waals surface area (Å²) in [4.78, 5) is 14.1. The van der Waals surface area contributed by atoms with Gasteiger partial charge in [0.05, 0.1) is 19.8 Å². The molecule has 1 N–H and O–H groups in total. The van der Waals surface area contributed by atoms with E-state index in [1.165, 1.54) is 6.07 Å². The third-order valence-corrected chi connectivity index (χ3v) is 3.83. The van der Waals surface area contributed by atoms with Crippen molar-refractivity contribution in [2.75, 3.05) is 39.4 Å². The maximum absolute atomic E-state index is 13.8. The fourth-order valence-electron chi connectivity index (χ4n) is 2.70. The summed E-state index contributed by atoms with van der Waals surface area (Å²) in [6.45, 7) is 3.12. The average Bonchev–Trinajstić information content (AvgIpc) is 2.55. The number of rotatable bonds is 2. The maximum Gasteiger partial charge on any atom is 0.253 e. The number of halogens is 1. The van der Waals surface area contributed by atoms with Crippen LogP contribution in [0.2, 0.25) is 0 Å². The van der Waals surface area contributed by atoms with Crippen molar-refractivity contribution in [1.29, 1.82) is 0 Å². The van der Waals surface area contributed by atoms with Gasteiger partial charge in [0.2, 0.25) is 0 Å². The SMILES string of the molecule is O=C([C@H]1CNCCO1)N1CCO[C@H](c2ccccc2F)C1. The van der Waals surface area contributed by atoms with Crippen molar-refractivity contribution < 1.29 is 18.7 Å². The highest BCUT2D eigenvalue weighted by molar-refractivity contribution is 5.81. The number of amides is 1. The van der Waals surface area contributed by atoms with Crippen LogP contribution >= 0.6 is 0 Å². The molecule has 0 saturated carbocycles. The number of nitrogens with zero attached hydrogens (tertiary/aromatic N) is 1. The molecule has 2 saturated heterocycles. The van der Waals surface area contributed by atoms with E-state index >= 15 is 0 Å². The van der Waals surface area contributed by atoms with Crippen molar-refractivity contribution in [3.05, 3.63) is 35.6 Å². The number of morpholine rings is 2. The van der Waals surface area contributed by atoms with Gasteiger partial charge in [-0.15, -0.1) is 0 Å². The zero-order valence-corrected chi connectivity index (χ0v) is 11.8. The molecule has 2 fully saturated rings. The molecular formula is C15H19FN2O3. The summed E-state index contributed by atoms with van der Waals surface area (Å²) in [5.74, 6) is -0.348. The Morgan fingerprint density at radius 2 is 2.14 bits per heavy atom. The molecule has 3 rings (SSSR count). The minimum Gasteiger partial charge on any atom is -0.370 e. The smallest absolute Gasteiger partial charge is 0.253 e. The van der Waals surface area contributed by atoms with Crippen molar-refractivity contribution in [3.63, 3.8) is 0 Å². The molecule has 114 valence electrons. The van der Waals surface area contributed by atoms with Gasteiger partial charge < -0.3 is 19.7 Å². The monoisotopic (exact) mass is 294 g/mol. The van der Waals surface area contributed by atoms with Gasteiger partial charge in [0.25, 0.3) is 5.91 Å². The second-order valence-electron chi connectivity index (χ2n) is 5.23. The molecule has 2 atom stereocenters. The lowest BCUT2D eigenvalue weighted by Gasteiger charge is -2.36. The molecule has 0 radical (unpaired) electrons. The number of carbonyl (C=O) groups is 1. The van der Waals surface area contributed by atoms with E-state index in [-0.39, 0.29) is 11.7 Å². The number of nitrogens with one attached hydrogen (secondary N) is 1. The van der Waals surface area contributed by atoms with E-state index < -0.39 is 12.2 Å². The van der Waals surface area contributed by atoms with Crippen LogP contribution in [0.1, 0.15) is 11.7 Å². The summed E-state index contributed by atoms with van der Waals surface area (Å²) in [6, 6.07) is 6.53. The normalized spacial score (nSPS) is 26.6. The molecular weight excluding hydrogens is 275 g/mol. The van der Waals surface area contributed by atoms with Crippen molar-refractivity contribution in [3.8, 4) is 0 Å². The van der Waals surface area contributed by atoms with Crippen LogP contribution in [0.15, 0.2) is 24.3 Å². The Kier molecular flexibility index (Phi) is 4.48. The summed E-state index contributed by atoms with van der Waals surface area (Å²) >= 11 is 0. The predicted octanol–water partition coefficient (Wildman–Crippen LogP) is 0.714. The Balaban J connectivity index is 1.68. The molecule has 5 nitrogen and oxygen atoms in total. The summed E-state index contributed by atoms with van der Waals surface area (Å²) in [7, 11) is 0. The van der Waals surface area contributed by atoms with E-state index in [4.69, 9.17) is 9.47 Å². The van der Waals surface area contributed by atoms with E-state index in [1.54, 1.807) is 23.1 Å². The van der Waals surface area contributed by atoms with Crippen molar-refractivity contribution in [2.45, 2.75) is 12.2 Å². The third kappa shape index (κ3) is 3.23. The maximum atomic E-state index is 13.8. The molecule has 0 bridgehead atoms. The fraction of sp³-hybridized carbons (Fsp3) is 0.533. The summed E-state index contributed by atoms with van der Waals surface area (Å²) in [5.41, 5.74) is 0.498. The first-order valence-corrected chi connectivity index (χ1v) is 7.23. The van der Waals surface area contributed by atoms with Crippen LogP contribution in [0.25, 0.3) is 0 Å². The highest BCUT2D eigenvalue weighted by Gasteiger charge is 2.32. The largest absolute Gasteiger partial charge is 0.370 e. The van der Waals surface area contributed by atoms with E-state index in [9.17, 15) is 9.18 Å². The molecule has 0 aliphatic carbocycles. The van der Waals surface area contributed by atoms with Gasteiger partial charge >= 0.3 is 0 Å². The standard InChI is InChI=1S/C15H19FN2O3/c16-12-4-2-1-3-11(12)14-10-18(6-8-21-14)15(19)13-9-17-5-7-20-13/h1-4,13-14,17H,5-10H2/t13-,14+/m1/s1. The summed E-state index contributed by atoms with van der Waals surface area (Å²) in [5, 5.41) is 3.14. The van der Waals surface area contributed by atoms with Crippen LogP contribution in [-0.2, 0) is 14.3 Å². The fourth-order valence-corrected chi connectivity index (χ4v) is 2.70. The molecule has 1 aromatic rings. The van der Waals surface area contributed by atoms with Crippen LogP contribution < -0.4 is 5.32 Å². The minimum absolute atomic E-state index is 0.0492. The Bertz CT molecular complexity index is 505. The van der Waals surface area contributed by atoms with Crippen molar-refractivity contribution in [2.24, 2.45) is 0 Å². The van der Waals surface area contributed by atoms with Crippen LogP contribution in [0.4, 0.5) is 4.39 Å². The van der Waals surface area contributed by atoms with Gasteiger partial charge in [0.1, 0.15) is 18.0 Å². The molecule has 1 aromatic carbocycles. The first-order valence-electron chi connectivity index (χ1n) is 7.23. The first kappa shape index (κ1) is 14.4. The van der Waals surface area contributed by atoms with Gasteiger partial charge in [-0.05, 0) is 6.07 Å². The van der Waals surface area contributed by atoms with Gasteiger partial charge in [0.15, 0.2) is 0 Å².